The van der Waals surface area contributed by atoms with Gasteiger partial charge < -0.3 is 10.1 Å². The van der Waals surface area contributed by atoms with E-state index in [0.717, 1.165) is 32.2 Å². The van der Waals surface area contributed by atoms with Crippen molar-refractivity contribution in [3.8, 4) is 0 Å². The van der Waals surface area contributed by atoms with E-state index in [4.69, 9.17) is 4.74 Å². The van der Waals surface area contributed by atoms with Gasteiger partial charge in [0, 0.05) is 13.2 Å². The summed E-state index contributed by atoms with van der Waals surface area (Å²) in [5.41, 5.74) is 0.432. The van der Waals surface area contributed by atoms with Crippen LogP contribution in [0.5, 0.6) is 0 Å². The lowest BCUT2D eigenvalue weighted by molar-refractivity contribution is 0.00104. The average molecular weight is 213 g/mol. The molecule has 15 heavy (non-hydrogen) atoms. The van der Waals surface area contributed by atoms with Crippen molar-refractivity contribution >= 4 is 0 Å². The molecule has 1 rings (SSSR count). The van der Waals surface area contributed by atoms with Gasteiger partial charge >= 0.3 is 0 Å². The zero-order chi connectivity index (χ0) is 11.1. The molecule has 0 aliphatic carbocycles. The minimum atomic E-state index is 0.432. The summed E-state index contributed by atoms with van der Waals surface area (Å²) in [6.45, 7) is 11.2. The van der Waals surface area contributed by atoms with Crippen LogP contribution in [0.15, 0.2) is 0 Å². The van der Waals surface area contributed by atoms with E-state index in [1.165, 1.54) is 25.7 Å². The highest BCUT2D eigenvalue weighted by Crippen LogP contribution is 2.35. The molecular formula is C13H27NO. The van der Waals surface area contributed by atoms with Crippen molar-refractivity contribution in [2.45, 2.75) is 46.5 Å². The summed E-state index contributed by atoms with van der Waals surface area (Å²) in [4.78, 5) is 0. The highest BCUT2D eigenvalue weighted by Gasteiger charge is 2.30. The third kappa shape index (κ3) is 4.52. The predicted octanol–water partition coefficient (Wildman–Crippen LogP) is 2.83. The summed E-state index contributed by atoms with van der Waals surface area (Å²) in [6.07, 6.45) is 5.09. The van der Waals surface area contributed by atoms with Crippen LogP contribution in [0.25, 0.3) is 0 Å². The van der Waals surface area contributed by atoms with E-state index in [1.54, 1.807) is 0 Å². The lowest BCUT2D eigenvalue weighted by atomic mass is 9.74. The zero-order valence-corrected chi connectivity index (χ0v) is 10.6. The Hall–Kier alpha value is -0.0800. The number of rotatable bonds is 6. The minimum Gasteiger partial charge on any atom is -0.381 e. The molecule has 90 valence electrons. The summed E-state index contributed by atoms with van der Waals surface area (Å²) < 4.78 is 5.58. The van der Waals surface area contributed by atoms with E-state index in [9.17, 15) is 0 Å². The van der Waals surface area contributed by atoms with Gasteiger partial charge in [-0.15, -0.1) is 0 Å². The van der Waals surface area contributed by atoms with Crippen molar-refractivity contribution in [3.05, 3.63) is 0 Å². The molecule has 1 atom stereocenters. The van der Waals surface area contributed by atoms with E-state index in [1.807, 2.05) is 0 Å². The molecule has 1 N–H and O–H groups in total. The Balaban J connectivity index is 2.23. The van der Waals surface area contributed by atoms with Gasteiger partial charge in [-0.1, -0.05) is 20.8 Å². The highest BCUT2D eigenvalue weighted by molar-refractivity contribution is 4.80. The molecule has 1 unspecified atom stereocenters. The minimum absolute atomic E-state index is 0.432. The molecule has 0 bridgehead atoms. The maximum absolute atomic E-state index is 5.58. The molecule has 1 aliphatic heterocycles. The second-order valence-corrected chi connectivity index (χ2v) is 5.40. The van der Waals surface area contributed by atoms with Crippen LogP contribution in [-0.2, 0) is 4.74 Å². The molecule has 1 aliphatic rings. The average Bonchev–Trinajstić information content (AvgIpc) is 2.26. The first-order chi connectivity index (χ1) is 7.17. The van der Waals surface area contributed by atoms with Crippen LogP contribution in [0, 0.1) is 11.3 Å². The SMILES string of the molecule is CCCNCCC(C)(C)C1CCCOC1. The molecule has 0 saturated carbocycles. The van der Waals surface area contributed by atoms with Crippen molar-refractivity contribution in [1.82, 2.24) is 5.32 Å². The smallest absolute Gasteiger partial charge is 0.0499 e. The summed E-state index contributed by atoms with van der Waals surface area (Å²) in [5.74, 6) is 0.759. The van der Waals surface area contributed by atoms with Crippen LogP contribution in [0.3, 0.4) is 0 Å². The molecule has 2 heteroatoms. The maximum atomic E-state index is 5.58. The molecule has 2 nitrogen and oxygen atoms in total. The van der Waals surface area contributed by atoms with Crippen molar-refractivity contribution in [2.75, 3.05) is 26.3 Å². The Kier molecular flexibility index (Phi) is 5.62. The fraction of sp³-hybridized carbons (Fsp3) is 1.00. The van der Waals surface area contributed by atoms with Gasteiger partial charge in [0.05, 0.1) is 0 Å². The second-order valence-electron chi connectivity index (χ2n) is 5.40. The van der Waals surface area contributed by atoms with Crippen LogP contribution in [0.1, 0.15) is 46.5 Å². The Morgan fingerprint density at radius 2 is 2.13 bits per heavy atom. The van der Waals surface area contributed by atoms with Crippen LogP contribution in [0.4, 0.5) is 0 Å². The molecule has 1 saturated heterocycles. The molecule has 1 fully saturated rings. The molecule has 0 radical (unpaired) electrons. The molecule has 0 spiro atoms. The van der Waals surface area contributed by atoms with Crippen molar-refractivity contribution < 1.29 is 4.74 Å². The Bertz CT molecular complexity index is 162. The highest BCUT2D eigenvalue weighted by atomic mass is 16.5. The first kappa shape index (κ1) is 13.0. The molecule has 0 aromatic carbocycles. The maximum Gasteiger partial charge on any atom is 0.0499 e. The predicted molar refractivity (Wildman–Crippen MR) is 65.1 cm³/mol. The summed E-state index contributed by atoms with van der Waals surface area (Å²) >= 11 is 0. The number of hydrogen-bond acceptors (Lipinski definition) is 2. The molecule has 0 aromatic heterocycles. The first-order valence-corrected chi connectivity index (χ1v) is 6.45. The van der Waals surface area contributed by atoms with Gasteiger partial charge in [0.1, 0.15) is 0 Å². The van der Waals surface area contributed by atoms with E-state index in [0.29, 0.717) is 5.41 Å². The molecule has 0 amide bonds. The van der Waals surface area contributed by atoms with Crippen LogP contribution in [-0.4, -0.2) is 26.3 Å². The standard InChI is InChI=1S/C13H27NO/c1-4-8-14-9-7-13(2,3)12-6-5-10-15-11-12/h12,14H,4-11H2,1-3H3. The third-order valence-electron chi connectivity index (χ3n) is 3.64. The lowest BCUT2D eigenvalue weighted by Crippen LogP contribution is -2.34. The lowest BCUT2D eigenvalue weighted by Gasteiger charge is -2.37. The number of nitrogens with one attached hydrogen (secondary N) is 1. The largest absolute Gasteiger partial charge is 0.381 e. The van der Waals surface area contributed by atoms with Gasteiger partial charge in [0.2, 0.25) is 0 Å². The molecular weight excluding hydrogens is 186 g/mol. The Morgan fingerprint density at radius 3 is 2.73 bits per heavy atom. The van der Waals surface area contributed by atoms with Gasteiger partial charge in [-0.05, 0) is 50.1 Å². The Labute approximate surface area is 94.8 Å². The topological polar surface area (TPSA) is 21.3 Å². The van der Waals surface area contributed by atoms with Crippen LogP contribution < -0.4 is 5.32 Å². The van der Waals surface area contributed by atoms with Gasteiger partial charge in [-0.3, -0.25) is 0 Å². The first-order valence-electron chi connectivity index (χ1n) is 6.45. The summed E-state index contributed by atoms with van der Waals surface area (Å²) in [6, 6.07) is 0. The molecule has 0 aromatic rings. The normalized spacial score (nSPS) is 23.0. The van der Waals surface area contributed by atoms with Crippen LogP contribution >= 0.6 is 0 Å². The second kappa shape index (κ2) is 6.49. The third-order valence-corrected chi connectivity index (χ3v) is 3.64. The molecule has 1 heterocycles. The van der Waals surface area contributed by atoms with Gasteiger partial charge in [-0.2, -0.15) is 0 Å². The van der Waals surface area contributed by atoms with Gasteiger partial charge in [0.15, 0.2) is 0 Å². The fourth-order valence-electron chi connectivity index (χ4n) is 2.27. The zero-order valence-electron chi connectivity index (χ0n) is 10.6. The Morgan fingerprint density at radius 1 is 1.33 bits per heavy atom. The van der Waals surface area contributed by atoms with Crippen molar-refractivity contribution in [3.63, 3.8) is 0 Å². The van der Waals surface area contributed by atoms with E-state index < -0.39 is 0 Å². The van der Waals surface area contributed by atoms with Gasteiger partial charge in [-0.25, -0.2) is 0 Å². The quantitative estimate of drug-likeness (QED) is 0.685. The van der Waals surface area contributed by atoms with E-state index in [2.05, 4.69) is 26.1 Å². The fourth-order valence-corrected chi connectivity index (χ4v) is 2.27. The van der Waals surface area contributed by atoms with Crippen molar-refractivity contribution in [2.24, 2.45) is 11.3 Å². The van der Waals surface area contributed by atoms with Crippen LogP contribution in [0.2, 0.25) is 0 Å². The summed E-state index contributed by atoms with van der Waals surface area (Å²) in [7, 11) is 0. The van der Waals surface area contributed by atoms with E-state index in [-0.39, 0.29) is 0 Å². The number of hydrogen-bond donors (Lipinski definition) is 1. The van der Waals surface area contributed by atoms with E-state index >= 15 is 0 Å². The van der Waals surface area contributed by atoms with Gasteiger partial charge in [0.25, 0.3) is 0 Å². The summed E-state index contributed by atoms with van der Waals surface area (Å²) in [5, 5.41) is 3.49. The number of ether oxygens (including phenoxy) is 1. The monoisotopic (exact) mass is 213 g/mol. The van der Waals surface area contributed by atoms with Crippen molar-refractivity contribution in [1.29, 1.82) is 0 Å².